The summed E-state index contributed by atoms with van der Waals surface area (Å²) < 4.78 is 7.07. The number of ether oxygens (including phenoxy) is 1. The number of hydrazone groups is 1. The second kappa shape index (κ2) is 9.91. The second-order valence-corrected chi connectivity index (χ2v) is 8.87. The molecule has 2 N–H and O–H groups in total. The highest BCUT2D eigenvalue weighted by Crippen LogP contribution is 2.27. The molecule has 0 bridgehead atoms. The smallest absolute Gasteiger partial charge is 0.304 e. The zero-order valence-corrected chi connectivity index (χ0v) is 19.9. The van der Waals surface area contributed by atoms with Crippen molar-refractivity contribution in [3.05, 3.63) is 101 Å². The highest BCUT2D eigenvalue weighted by Gasteiger charge is 2.47. The lowest BCUT2D eigenvalue weighted by atomic mass is 9.99. The number of methoxy groups -OCH3 is 1. The number of nitrogens with zero attached hydrogens (tertiary/aromatic N) is 1. The SMILES string of the molecule is COc1ccc([C@H]2[C@H](NC(=O)c3cccc(C)c3)C(=O)N/[N+]2=C\c2ccc(C(C)C)cc2)cc1. The van der Waals surface area contributed by atoms with Gasteiger partial charge in [-0.1, -0.05) is 43.7 Å². The van der Waals surface area contributed by atoms with E-state index in [1.165, 1.54) is 5.56 Å². The summed E-state index contributed by atoms with van der Waals surface area (Å²) in [6, 6.07) is 21.9. The Morgan fingerprint density at radius 3 is 2.38 bits per heavy atom. The minimum Gasteiger partial charge on any atom is -0.497 e. The van der Waals surface area contributed by atoms with Crippen molar-refractivity contribution in [2.75, 3.05) is 7.11 Å². The Morgan fingerprint density at radius 2 is 1.76 bits per heavy atom. The summed E-state index contributed by atoms with van der Waals surface area (Å²) in [5.41, 5.74) is 7.51. The lowest BCUT2D eigenvalue weighted by Crippen LogP contribution is -2.42. The summed E-state index contributed by atoms with van der Waals surface area (Å²) in [4.78, 5) is 26.0. The number of benzene rings is 3. The normalized spacial score (nSPS) is 18.7. The predicted molar refractivity (Wildman–Crippen MR) is 132 cm³/mol. The Hall–Kier alpha value is -3.93. The Bertz CT molecular complexity index is 1210. The van der Waals surface area contributed by atoms with E-state index < -0.39 is 12.1 Å². The van der Waals surface area contributed by atoms with Crippen LogP contribution in [-0.2, 0) is 4.79 Å². The molecule has 0 unspecified atom stereocenters. The van der Waals surface area contributed by atoms with Gasteiger partial charge in [-0.25, -0.2) is 0 Å². The maximum atomic E-state index is 13.0. The van der Waals surface area contributed by atoms with Crippen molar-refractivity contribution in [1.29, 1.82) is 0 Å². The summed E-state index contributed by atoms with van der Waals surface area (Å²) >= 11 is 0. The standard InChI is InChI=1S/C28H29N3O3/c1-18(2)21-10-8-20(9-11-21)17-31-26(22-12-14-24(34-4)15-13-22)25(28(33)30-31)29-27(32)23-7-5-6-19(3)16-23/h5-18,25-26H,1-4H3,(H-,29,30,32,33)/p+1/b31-17-/t25-,26-/m0/s1. The van der Waals surface area contributed by atoms with E-state index in [-0.39, 0.29) is 11.8 Å². The van der Waals surface area contributed by atoms with Crippen molar-refractivity contribution in [1.82, 2.24) is 10.7 Å². The Labute approximate surface area is 200 Å². The van der Waals surface area contributed by atoms with Gasteiger partial charge in [-0.3, -0.25) is 9.59 Å². The van der Waals surface area contributed by atoms with Crippen LogP contribution in [0.15, 0.2) is 72.8 Å². The van der Waals surface area contributed by atoms with Gasteiger partial charge in [0.05, 0.1) is 7.11 Å². The number of aryl methyl sites for hydroxylation is 1. The van der Waals surface area contributed by atoms with Gasteiger partial charge >= 0.3 is 5.91 Å². The van der Waals surface area contributed by atoms with Crippen LogP contribution in [0.25, 0.3) is 0 Å². The van der Waals surface area contributed by atoms with Crippen molar-refractivity contribution >= 4 is 18.0 Å². The number of carbonyl (C=O) groups excluding carboxylic acids is 2. The minimum atomic E-state index is -0.771. The lowest BCUT2D eigenvalue weighted by molar-refractivity contribution is -0.596. The molecule has 2 atom stereocenters. The molecule has 2 amide bonds. The first-order chi connectivity index (χ1) is 16.4. The first-order valence-corrected chi connectivity index (χ1v) is 11.4. The first kappa shape index (κ1) is 23.2. The van der Waals surface area contributed by atoms with Crippen molar-refractivity contribution < 1.29 is 19.0 Å². The van der Waals surface area contributed by atoms with Crippen LogP contribution in [0.2, 0.25) is 0 Å². The fourth-order valence-corrected chi connectivity index (χ4v) is 4.12. The average Bonchev–Trinajstić information content (AvgIpc) is 3.13. The molecule has 3 aromatic rings. The van der Waals surface area contributed by atoms with Crippen molar-refractivity contribution in [2.45, 2.75) is 38.8 Å². The molecule has 1 heterocycles. The number of hydrogen-bond acceptors (Lipinski definition) is 3. The minimum absolute atomic E-state index is 0.267. The second-order valence-electron chi connectivity index (χ2n) is 8.87. The number of carbonyl (C=O) groups is 2. The van der Waals surface area contributed by atoms with E-state index in [9.17, 15) is 9.59 Å². The maximum Gasteiger partial charge on any atom is 0.304 e. The molecule has 0 saturated carbocycles. The lowest BCUT2D eigenvalue weighted by Gasteiger charge is -2.15. The van der Waals surface area contributed by atoms with Crippen LogP contribution in [-0.4, -0.2) is 35.9 Å². The quantitative estimate of drug-likeness (QED) is 0.548. The Balaban J connectivity index is 1.69. The van der Waals surface area contributed by atoms with Crippen molar-refractivity contribution in [3.8, 4) is 5.75 Å². The molecule has 3 aromatic carbocycles. The number of nitrogens with one attached hydrogen (secondary N) is 2. The molecule has 34 heavy (non-hydrogen) atoms. The molecule has 4 rings (SSSR count). The number of hydrogen-bond donors (Lipinski definition) is 2. The van der Waals surface area contributed by atoms with Crippen LogP contribution in [0.1, 0.15) is 58.4 Å². The van der Waals surface area contributed by atoms with Crippen LogP contribution < -0.4 is 15.5 Å². The zero-order valence-electron chi connectivity index (χ0n) is 19.9. The monoisotopic (exact) mass is 456 g/mol. The fourth-order valence-electron chi connectivity index (χ4n) is 4.12. The maximum absolute atomic E-state index is 13.0. The Morgan fingerprint density at radius 1 is 1.06 bits per heavy atom. The molecular weight excluding hydrogens is 426 g/mol. The fraction of sp³-hybridized carbons (Fsp3) is 0.250. The molecule has 1 aliphatic heterocycles. The number of hydrazine groups is 1. The summed E-state index contributed by atoms with van der Waals surface area (Å²) in [6.07, 6.45) is 1.90. The molecule has 0 spiro atoms. The van der Waals surface area contributed by atoms with Crippen LogP contribution >= 0.6 is 0 Å². The first-order valence-electron chi connectivity index (χ1n) is 11.4. The van der Waals surface area contributed by atoms with E-state index in [0.717, 1.165) is 22.4 Å². The summed E-state index contributed by atoms with van der Waals surface area (Å²) in [7, 11) is 1.61. The highest BCUT2D eigenvalue weighted by atomic mass is 16.5. The van der Waals surface area contributed by atoms with Crippen molar-refractivity contribution in [2.24, 2.45) is 0 Å². The largest absolute Gasteiger partial charge is 0.497 e. The van der Waals surface area contributed by atoms with Gasteiger partial charge in [-0.05, 0) is 66.9 Å². The van der Waals surface area contributed by atoms with Gasteiger partial charge in [-0.2, -0.15) is 0 Å². The van der Waals surface area contributed by atoms with Gasteiger partial charge in [0.25, 0.3) is 5.91 Å². The van der Waals surface area contributed by atoms with E-state index in [1.54, 1.807) is 17.9 Å². The third-order valence-electron chi connectivity index (χ3n) is 6.05. The van der Waals surface area contributed by atoms with E-state index in [0.29, 0.717) is 11.5 Å². The van der Waals surface area contributed by atoms with Gasteiger partial charge in [0.2, 0.25) is 12.3 Å². The third-order valence-corrected chi connectivity index (χ3v) is 6.05. The molecule has 1 saturated heterocycles. The molecule has 0 aliphatic carbocycles. The average molecular weight is 457 g/mol. The topological polar surface area (TPSA) is 70.4 Å². The van der Waals surface area contributed by atoms with Gasteiger partial charge in [0, 0.05) is 16.7 Å². The highest BCUT2D eigenvalue weighted by molar-refractivity contribution is 5.98. The molecular formula is C28H30N3O3+. The summed E-state index contributed by atoms with van der Waals surface area (Å²) in [5.74, 6) is 0.609. The molecule has 1 fully saturated rings. The van der Waals surface area contributed by atoms with Gasteiger partial charge < -0.3 is 10.1 Å². The predicted octanol–water partition coefficient (Wildman–Crippen LogP) is 4.14. The van der Waals surface area contributed by atoms with Crippen LogP contribution in [0.4, 0.5) is 0 Å². The molecule has 0 radical (unpaired) electrons. The molecule has 1 aliphatic rings. The van der Waals surface area contributed by atoms with E-state index >= 15 is 0 Å². The third kappa shape index (κ3) is 5.01. The number of rotatable bonds is 6. The molecule has 0 aromatic heterocycles. The van der Waals surface area contributed by atoms with Gasteiger partial charge in [0.15, 0.2) is 6.04 Å². The van der Waals surface area contributed by atoms with E-state index in [1.807, 2.05) is 67.7 Å². The van der Waals surface area contributed by atoms with E-state index in [2.05, 4.69) is 36.7 Å². The number of amides is 2. The van der Waals surface area contributed by atoms with Crippen molar-refractivity contribution in [3.63, 3.8) is 0 Å². The van der Waals surface area contributed by atoms with Gasteiger partial charge in [-0.15, -0.1) is 10.1 Å². The molecule has 174 valence electrons. The zero-order chi connectivity index (χ0) is 24.2. The Kier molecular flexibility index (Phi) is 6.77. The van der Waals surface area contributed by atoms with Crippen LogP contribution in [0.5, 0.6) is 5.75 Å². The van der Waals surface area contributed by atoms with Gasteiger partial charge in [0.1, 0.15) is 5.75 Å². The summed E-state index contributed by atoms with van der Waals surface area (Å²) in [6.45, 7) is 6.24. The molecule has 6 nitrogen and oxygen atoms in total. The van der Waals surface area contributed by atoms with Crippen LogP contribution in [0, 0.1) is 6.92 Å². The summed E-state index contributed by atoms with van der Waals surface area (Å²) in [5, 5.41) is 2.95. The molecule has 6 heteroatoms. The van der Waals surface area contributed by atoms with Crippen LogP contribution in [0.3, 0.4) is 0 Å². The van der Waals surface area contributed by atoms with E-state index in [4.69, 9.17) is 4.74 Å².